The van der Waals surface area contributed by atoms with Gasteiger partial charge in [-0.1, -0.05) is 0 Å². The number of phenolic OH excluding ortho intramolecular Hbond substituents is 1. The summed E-state index contributed by atoms with van der Waals surface area (Å²) in [5.74, 6) is 0.193. The number of hydrogen-bond donors (Lipinski definition) is 1. The fourth-order valence-corrected chi connectivity index (χ4v) is 2.04. The lowest BCUT2D eigenvalue weighted by Crippen LogP contribution is -1.91. The first-order valence-corrected chi connectivity index (χ1v) is 5.30. The molecule has 0 saturated carbocycles. The highest BCUT2D eigenvalue weighted by Crippen LogP contribution is 2.25. The van der Waals surface area contributed by atoms with Crippen molar-refractivity contribution in [1.29, 1.82) is 0 Å². The second-order valence-corrected chi connectivity index (χ2v) is 4.00. The van der Waals surface area contributed by atoms with E-state index < -0.39 is 0 Å². The van der Waals surface area contributed by atoms with E-state index in [1.54, 1.807) is 29.6 Å². The number of aromatic nitrogens is 1. The number of Topliss-reactive ketones (excluding diaryl/α,β-unsaturated/α-hetero) is 1. The van der Waals surface area contributed by atoms with Crippen molar-refractivity contribution in [1.82, 2.24) is 4.98 Å². The molecule has 1 N–H and O–H groups in total. The second kappa shape index (κ2) is 3.82. The van der Waals surface area contributed by atoms with Crippen molar-refractivity contribution in [3.8, 4) is 16.3 Å². The lowest BCUT2D eigenvalue weighted by atomic mass is 10.2. The zero-order valence-electron chi connectivity index (χ0n) is 8.10. The number of phenols is 1. The summed E-state index contributed by atoms with van der Waals surface area (Å²) in [6, 6.07) is 6.75. The van der Waals surface area contributed by atoms with Crippen molar-refractivity contribution < 1.29 is 9.90 Å². The summed E-state index contributed by atoms with van der Waals surface area (Å²) in [7, 11) is 0. The minimum Gasteiger partial charge on any atom is -0.508 e. The van der Waals surface area contributed by atoms with Crippen molar-refractivity contribution >= 4 is 17.1 Å². The van der Waals surface area contributed by atoms with Gasteiger partial charge in [0.1, 0.15) is 16.5 Å². The molecule has 0 fully saturated rings. The van der Waals surface area contributed by atoms with E-state index in [9.17, 15) is 4.79 Å². The van der Waals surface area contributed by atoms with Crippen molar-refractivity contribution in [2.24, 2.45) is 0 Å². The van der Waals surface area contributed by atoms with Gasteiger partial charge in [0.15, 0.2) is 5.78 Å². The van der Waals surface area contributed by atoms with Crippen molar-refractivity contribution in [2.75, 3.05) is 0 Å². The summed E-state index contributed by atoms with van der Waals surface area (Å²) in [6.45, 7) is 1.50. The van der Waals surface area contributed by atoms with Gasteiger partial charge in [-0.05, 0) is 24.3 Å². The standard InChI is InChI=1S/C11H9NO2S/c1-7(13)10-6-15-11(12-10)8-2-4-9(14)5-3-8/h2-6,14H,1H3. The Balaban J connectivity index is 2.37. The van der Waals surface area contributed by atoms with E-state index in [0.717, 1.165) is 10.6 Å². The first-order chi connectivity index (χ1) is 7.16. The van der Waals surface area contributed by atoms with E-state index in [4.69, 9.17) is 5.11 Å². The summed E-state index contributed by atoms with van der Waals surface area (Å²) in [6.07, 6.45) is 0. The average molecular weight is 219 g/mol. The highest BCUT2D eigenvalue weighted by atomic mass is 32.1. The van der Waals surface area contributed by atoms with Crippen LogP contribution in [0.1, 0.15) is 17.4 Å². The molecule has 0 radical (unpaired) electrons. The van der Waals surface area contributed by atoms with Crippen LogP contribution in [0.15, 0.2) is 29.6 Å². The normalized spacial score (nSPS) is 10.2. The molecule has 1 aromatic carbocycles. The number of nitrogens with zero attached hydrogens (tertiary/aromatic N) is 1. The molecular weight excluding hydrogens is 210 g/mol. The number of thiazole rings is 1. The molecule has 0 spiro atoms. The van der Waals surface area contributed by atoms with Gasteiger partial charge < -0.3 is 5.11 Å². The molecule has 0 saturated heterocycles. The van der Waals surface area contributed by atoms with Crippen LogP contribution in [0.25, 0.3) is 10.6 Å². The maximum absolute atomic E-state index is 11.0. The van der Waals surface area contributed by atoms with E-state index >= 15 is 0 Å². The summed E-state index contributed by atoms with van der Waals surface area (Å²) in [5, 5.41) is 11.7. The summed E-state index contributed by atoms with van der Waals surface area (Å²) < 4.78 is 0. The van der Waals surface area contributed by atoms with Gasteiger partial charge >= 0.3 is 0 Å². The highest BCUT2D eigenvalue weighted by molar-refractivity contribution is 7.13. The molecule has 0 atom stereocenters. The van der Waals surface area contributed by atoms with Crippen LogP contribution in [0, 0.1) is 0 Å². The average Bonchev–Trinajstić information content (AvgIpc) is 2.68. The van der Waals surface area contributed by atoms with Gasteiger partial charge in [0.05, 0.1) is 0 Å². The molecule has 1 heterocycles. The number of benzene rings is 1. The van der Waals surface area contributed by atoms with E-state index in [1.165, 1.54) is 18.3 Å². The highest BCUT2D eigenvalue weighted by Gasteiger charge is 2.07. The number of carbonyl (C=O) groups is 1. The van der Waals surface area contributed by atoms with Gasteiger partial charge in [-0.15, -0.1) is 11.3 Å². The molecule has 15 heavy (non-hydrogen) atoms. The van der Waals surface area contributed by atoms with Gasteiger partial charge in [-0.25, -0.2) is 4.98 Å². The van der Waals surface area contributed by atoms with Gasteiger partial charge in [0.25, 0.3) is 0 Å². The first-order valence-electron chi connectivity index (χ1n) is 4.42. The molecule has 0 aliphatic heterocycles. The predicted octanol–water partition coefficient (Wildman–Crippen LogP) is 2.72. The Morgan fingerprint density at radius 1 is 1.33 bits per heavy atom. The molecule has 0 unspecified atom stereocenters. The van der Waals surface area contributed by atoms with Crippen LogP contribution in [0.2, 0.25) is 0 Å². The molecule has 2 aromatic rings. The summed E-state index contributed by atoms with van der Waals surface area (Å²) >= 11 is 1.42. The SMILES string of the molecule is CC(=O)c1csc(-c2ccc(O)cc2)n1. The molecule has 0 bridgehead atoms. The summed E-state index contributed by atoms with van der Waals surface area (Å²) in [4.78, 5) is 15.2. The van der Waals surface area contributed by atoms with E-state index in [-0.39, 0.29) is 11.5 Å². The van der Waals surface area contributed by atoms with Crippen LogP contribution >= 0.6 is 11.3 Å². The van der Waals surface area contributed by atoms with Crippen molar-refractivity contribution in [3.63, 3.8) is 0 Å². The smallest absolute Gasteiger partial charge is 0.178 e. The number of rotatable bonds is 2. The predicted molar refractivity (Wildman–Crippen MR) is 59.2 cm³/mol. The third kappa shape index (κ3) is 2.05. The van der Waals surface area contributed by atoms with Crippen LogP contribution < -0.4 is 0 Å². The monoisotopic (exact) mass is 219 g/mol. The third-order valence-electron chi connectivity index (χ3n) is 1.98. The van der Waals surface area contributed by atoms with Gasteiger partial charge in [-0.2, -0.15) is 0 Å². The van der Waals surface area contributed by atoms with E-state index in [1.807, 2.05) is 0 Å². The zero-order valence-corrected chi connectivity index (χ0v) is 8.91. The Morgan fingerprint density at radius 2 is 2.00 bits per heavy atom. The molecule has 1 aromatic heterocycles. The van der Waals surface area contributed by atoms with Crippen LogP contribution in [0.3, 0.4) is 0 Å². The quantitative estimate of drug-likeness (QED) is 0.790. The topological polar surface area (TPSA) is 50.2 Å². The van der Waals surface area contributed by atoms with Gasteiger partial charge in [0, 0.05) is 17.9 Å². The zero-order chi connectivity index (χ0) is 10.8. The Bertz CT molecular complexity index is 488. The lowest BCUT2D eigenvalue weighted by Gasteiger charge is -1.95. The van der Waals surface area contributed by atoms with Crippen LogP contribution in [0.5, 0.6) is 5.75 Å². The minimum absolute atomic E-state index is 0.0312. The van der Waals surface area contributed by atoms with E-state index in [2.05, 4.69) is 4.98 Å². The van der Waals surface area contributed by atoms with Gasteiger partial charge in [-0.3, -0.25) is 4.79 Å². The minimum atomic E-state index is -0.0312. The van der Waals surface area contributed by atoms with Crippen LogP contribution in [-0.4, -0.2) is 15.9 Å². The fraction of sp³-hybridized carbons (Fsp3) is 0.0909. The molecule has 0 amide bonds. The van der Waals surface area contributed by atoms with Crippen molar-refractivity contribution in [3.05, 3.63) is 35.3 Å². The number of aromatic hydroxyl groups is 1. The number of carbonyl (C=O) groups excluding carboxylic acids is 1. The summed E-state index contributed by atoms with van der Waals surface area (Å²) in [5.41, 5.74) is 1.40. The maximum Gasteiger partial charge on any atom is 0.178 e. The Morgan fingerprint density at radius 3 is 2.53 bits per heavy atom. The molecular formula is C11H9NO2S. The molecule has 3 nitrogen and oxygen atoms in total. The first kappa shape index (κ1) is 9.86. The van der Waals surface area contributed by atoms with Crippen molar-refractivity contribution in [2.45, 2.75) is 6.92 Å². The van der Waals surface area contributed by atoms with Gasteiger partial charge in [0.2, 0.25) is 0 Å². The molecule has 0 aliphatic rings. The maximum atomic E-state index is 11.0. The molecule has 4 heteroatoms. The van der Waals surface area contributed by atoms with Crippen LogP contribution in [0.4, 0.5) is 0 Å². The Hall–Kier alpha value is -1.68. The molecule has 2 rings (SSSR count). The Kier molecular flexibility index (Phi) is 2.51. The number of hydrogen-bond acceptors (Lipinski definition) is 4. The fourth-order valence-electron chi connectivity index (χ4n) is 1.17. The second-order valence-electron chi connectivity index (χ2n) is 3.14. The Labute approximate surface area is 91.0 Å². The van der Waals surface area contributed by atoms with Crippen LogP contribution in [-0.2, 0) is 0 Å². The molecule has 0 aliphatic carbocycles. The third-order valence-corrected chi connectivity index (χ3v) is 2.87. The largest absolute Gasteiger partial charge is 0.508 e. The van der Waals surface area contributed by atoms with E-state index in [0.29, 0.717) is 5.69 Å². The molecule has 76 valence electrons. The lowest BCUT2D eigenvalue weighted by molar-refractivity contribution is 0.101. The number of ketones is 1.